The van der Waals surface area contributed by atoms with Crippen LogP contribution in [-0.4, -0.2) is 31.1 Å². The monoisotopic (exact) mass is 311 g/mol. The Morgan fingerprint density at radius 1 is 1.33 bits per heavy atom. The van der Waals surface area contributed by atoms with Crippen molar-refractivity contribution in [3.8, 4) is 0 Å². The van der Waals surface area contributed by atoms with E-state index in [1.54, 1.807) is 0 Å². The first-order valence-corrected chi connectivity index (χ1v) is 8.93. The van der Waals surface area contributed by atoms with Crippen LogP contribution >= 0.6 is 0 Å². The second kappa shape index (κ2) is 6.11. The lowest BCUT2D eigenvalue weighted by Gasteiger charge is -2.32. The molecule has 0 atom stereocenters. The van der Waals surface area contributed by atoms with Crippen LogP contribution < -0.4 is 11.1 Å². The normalized spacial score (nSPS) is 18.2. The Morgan fingerprint density at radius 2 is 2.00 bits per heavy atom. The molecule has 1 amide bonds. The smallest absolute Gasteiger partial charge is 0.226 e. The molecule has 7 heteroatoms. The third-order valence-electron chi connectivity index (χ3n) is 3.76. The Balaban J connectivity index is 1.96. The second-order valence-corrected chi connectivity index (χ2v) is 7.77. The average Bonchev–Trinajstić information content (AvgIpc) is 2.38. The summed E-state index contributed by atoms with van der Waals surface area (Å²) in [5.41, 5.74) is 6.30. The van der Waals surface area contributed by atoms with E-state index in [9.17, 15) is 13.2 Å². The summed E-state index contributed by atoms with van der Waals surface area (Å²) in [5.74, 6) is -0.159. The Morgan fingerprint density at radius 3 is 2.52 bits per heavy atom. The Kier molecular flexibility index (Phi) is 4.63. The zero-order valence-corrected chi connectivity index (χ0v) is 12.9. The van der Waals surface area contributed by atoms with E-state index in [4.69, 9.17) is 5.73 Å². The summed E-state index contributed by atoms with van der Waals surface area (Å²) in [7, 11) is -3.32. The molecule has 0 unspecified atom stereocenters. The fourth-order valence-corrected chi connectivity index (χ4v) is 3.19. The molecule has 1 aromatic rings. The third-order valence-corrected chi connectivity index (χ3v) is 4.76. The molecular weight excluding hydrogens is 290 g/mol. The van der Waals surface area contributed by atoms with Crippen LogP contribution in [-0.2, 0) is 14.6 Å². The number of amides is 1. The topological polar surface area (TPSA) is 102 Å². The van der Waals surface area contributed by atoms with Crippen molar-refractivity contribution in [2.45, 2.75) is 49.1 Å². The van der Waals surface area contributed by atoms with Gasteiger partial charge in [-0.3, -0.25) is 4.79 Å². The van der Waals surface area contributed by atoms with Gasteiger partial charge in [0.15, 0.2) is 14.9 Å². The Labute approximate surface area is 125 Å². The van der Waals surface area contributed by atoms with Crippen molar-refractivity contribution in [3.63, 3.8) is 0 Å². The number of nitrogens with one attached hydrogen (secondary N) is 1. The van der Waals surface area contributed by atoms with Gasteiger partial charge in [0.25, 0.3) is 0 Å². The highest BCUT2D eigenvalue weighted by atomic mass is 32.2. The molecule has 1 heterocycles. The number of nitrogens with zero attached hydrogens (tertiary/aromatic N) is 1. The third kappa shape index (κ3) is 4.50. The van der Waals surface area contributed by atoms with Crippen LogP contribution in [0.25, 0.3) is 0 Å². The van der Waals surface area contributed by atoms with E-state index in [1.165, 1.54) is 24.8 Å². The number of hydrogen-bond donors (Lipinski definition) is 2. The SMILES string of the molecule is CS(=O)(=O)c1ccc(NC(=O)CC2(N)CCCCC2)cn1. The van der Waals surface area contributed by atoms with Crippen LogP contribution in [0.5, 0.6) is 0 Å². The number of pyridine rings is 1. The largest absolute Gasteiger partial charge is 0.325 e. The molecule has 2 rings (SSSR count). The van der Waals surface area contributed by atoms with Gasteiger partial charge < -0.3 is 11.1 Å². The summed E-state index contributed by atoms with van der Waals surface area (Å²) in [5, 5.41) is 2.71. The molecular formula is C14H21N3O3S. The van der Waals surface area contributed by atoms with Gasteiger partial charge in [-0.05, 0) is 25.0 Å². The molecule has 3 N–H and O–H groups in total. The van der Waals surface area contributed by atoms with Crippen molar-refractivity contribution in [2.75, 3.05) is 11.6 Å². The number of aromatic nitrogens is 1. The first kappa shape index (κ1) is 15.9. The van der Waals surface area contributed by atoms with Crippen LogP contribution in [0.1, 0.15) is 38.5 Å². The van der Waals surface area contributed by atoms with E-state index in [0.29, 0.717) is 5.69 Å². The standard InChI is InChI=1S/C14H21N3O3S/c1-21(19,20)13-6-5-11(10-16-13)17-12(18)9-14(15)7-3-2-4-8-14/h5-6,10H,2-4,7-9,15H2,1H3,(H,17,18). The van der Waals surface area contributed by atoms with E-state index in [-0.39, 0.29) is 17.4 Å². The van der Waals surface area contributed by atoms with Crippen molar-refractivity contribution in [1.29, 1.82) is 0 Å². The summed E-state index contributed by atoms with van der Waals surface area (Å²) >= 11 is 0. The highest BCUT2D eigenvalue weighted by Gasteiger charge is 2.29. The minimum Gasteiger partial charge on any atom is -0.325 e. The number of rotatable bonds is 4. The van der Waals surface area contributed by atoms with Gasteiger partial charge in [0.2, 0.25) is 5.91 Å². The van der Waals surface area contributed by atoms with Gasteiger partial charge in [0.05, 0.1) is 11.9 Å². The molecule has 0 radical (unpaired) electrons. The number of hydrogen-bond acceptors (Lipinski definition) is 5. The van der Waals surface area contributed by atoms with Crippen molar-refractivity contribution in [1.82, 2.24) is 4.98 Å². The van der Waals surface area contributed by atoms with Gasteiger partial charge in [0, 0.05) is 18.2 Å². The van der Waals surface area contributed by atoms with Gasteiger partial charge in [-0.15, -0.1) is 0 Å². The lowest BCUT2D eigenvalue weighted by Crippen LogP contribution is -2.44. The number of carbonyl (C=O) groups excluding carboxylic acids is 1. The van der Waals surface area contributed by atoms with E-state index in [1.807, 2.05) is 0 Å². The number of anilines is 1. The lowest BCUT2D eigenvalue weighted by atomic mass is 9.80. The molecule has 0 saturated heterocycles. The Bertz CT molecular complexity index is 605. The van der Waals surface area contributed by atoms with Gasteiger partial charge in [-0.1, -0.05) is 19.3 Å². The first-order valence-electron chi connectivity index (χ1n) is 7.03. The minimum absolute atomic E-state index is 0.0110. The molecule has 1 aliphatic carbocycles. The fourth-order valence-electron chi connectivity index (χ4n) is 2.63. The van der Waals surface area contributed by atoms with Crippen LogP contribution in [0.4, 0.5) is 5.69 Å². The maximum Gasteiger partial charge on any atom is 0.226 e. The maximum absolute atomic E-state index is 12.0. The lowest BCUT2D eigenvalue weighted by molar-refractivity contribution is -0.117. The molecule has 0 bridgehead atoms. The number of carbonyl (C=O) groups is 1. The van der Waals surface area contributed by atoms with Crippen LogP contribution in [0.15, 0.2) is 23.4 Å². The predicted molar refractivity (Wildman–Crippen MR) is 80.6 cm³/mol. The van der Waals surface area contributed by atoms with Crippen LogP contribution in [0, 0.1) is 0 Å². The summed E-state index contributed by atoms with van der Waals surface area (Å²) in [4.78, 5) is 15.9. The van der Waals surface area contributed by atoms with E-state index in [2.05, 4.69) is 10.3 Å². The van der Waals surface area contributed by atoms with Gasteiger partial charge in [-0.2, -0.15) is 0 Å². The quantitative estimate of drug-likeness (QED) is 0.876. The zero-order valence-electron chi connectivity index (χ0n) is 12.1. The van der Waals surface area contributed by atoms with E-state index < -0.39 is 15.4 Å². The van der Waals surface area contributed by atoms with Crippen molar-refractivity contribution in [2.24, 2.45) is 5.73 Å². The Hall–Kier alpha value is -1.47. The van der Waals surface area contributed by atoms with Crippen molar-refractivity contribution >= 4 is 21.4 Å². The van der Waals surface area contributed by atoms with E-state index >= 15 is 0 Å². The molecule has 1 fully saturated rings. The summed E-state index contributed by atoms with van der Waals surface area (Å²) in [6.45, 7) is 0. The molecule has 116 valence electrons. The molecule has 0 spiro atoms. The summed E-state index contributed by atoms with van der Waals surface area (Å²) in [6, 6.07) is 2.91. The minimum atomic E-state index is -3.32. The van der Waals surface area contributed by atoms with Crippen molar-refractivity contribution < 1.29 is 13.2 Å². The summed E-state index contributed by atoms with van der Waals surface area (Å²) < 4.78 is 22.6. The van der Waals surface area contributed by atoms with Gasteiger partial charge in [0.1, 0.15) is 0 Å². The molecule has 1 aromatic heterocycles. The van der Waals surface area contributed by atoms with Crippen LogP contribution in [0.2, 0.25) is 0 Å². The number of sulfone groups is 1. The molecule has 1 saturated carbocycles. The van der Waals surface area contributed by atoms with Gasteiger partial charge in [-0.25, -0.2) is 13.4 Å². The average molecular weight is 311 g/mol. The zero-order chi connectivity index (χ0) is 15.5. The molecule has 0 aromatic carbocycles. The molecule has 0 aliphatic heterocycles. The first-order chi connectivity index (χ1) is 9.78. The molecule has 21 heavy (non-hydrogen) atoms. The highest BCUT2D eigenvalue weighted by molar-refractivity contribution is 7.90. The predicted octanol–water partition coefficient (Wildman–Crippen LogP) is 1.48. The molecule has 1 aliphatic rings. The second-order valence-electron chi connectivity index (χ2n) is 5.81. The number of nitrogens with two attached hydrogens (primary N) is 1. The van der Waals surface area contributed by atoms with Crippen LogP contribution in [0.3, 0.4) is 0 Å². The van der Waals surface area contributed by atoms with E-state index in [0.717, 1.165) is 31.9 Å². The summed E-state index contributed by atoms with van der Waals surface area (Å²) in [6.07, 6.45) is 7.76. The van der Waals surface area contributed by atoms with Gasteiger partial charge >= 0.3 is 0 Å². The highest BCUT2D eigenvalue weighted by Crippen LogP contribution is 2.28. The fraction of sp³-hybridized carbons (Fsp3) is 0.571. The maximum atomic E-state index is 12.0. The molecule has 6 nitrogen and oxygen atoms in total. The van der Waals surface area contributed by atoms with Crippen molar-refractivity contribution in [3.05, 3.63) is 18.3 Å².